The Balaban J connectivity index is 1.40. The number of pyridine rings is 1. The van der Waals surface area contributed by atoms with Crippen LogP contribution in [0.4, 0.5) is 5.82 Å². The van der Waals surface area contributed by atoms with E-state index in [9.17, 15) is 0 Å². The lowest BCUT2D eigenvalue weighted by atomic mass is 10.1. The highest BCUT2D eigenvalue weighted by Crippen LogP contribution is 2.13. The van der Waals surface area contributed by atoms with E-state index in [2.05, 4.69) is 63.7 Å². The smallest absolute Gasteiger partial charge is 0.128 e. The van der Waals surface area contributed by atoms with Crippen molar-refractivity contribution in [1.82, 2.24) is 9.88 Å². The van der Waals surface area contributed by atoms with E-state index in [0.29, 0.717) is 0 Å². The van der Waals surface area contributed by atoms with Gasteiger partial charge in [-0.1, -0.05) is 36.4 Å². The monoisotopic (exact) mass is 280 g/mol. The first kappa shape index (κ1) is 14.1. The maximum Gasteiger partial charge on any atom is 0.128 e. The van der Waals surface area contributed by atoms with Crippen molar-refractivity contribution < 1.29 is 0 Å². The predicted molar refractivity (Wildman–Crippen MR) is 87.4 cm³/mol. The first-order valence-electron chi connectivity index (χ1n) is 7.68. The molecule has 0 spiro atoms. The van der Waals surface area contributed by atoms with Gasteiger partial charge in [0.05, 0.1) is 0 Å². The molecule has 1 fully saturated rings. The van der Waals surface area contributed by atoms with Gasteiger partial charge in [-0.25, -0.2) is 4.98 Å². The lowest BCUT2D eigenvalue weighted by molar-refractivity contribution is 0.260. The lowest BCUT2D eigenvalue weighted by Gasteiger charge is -2.35. The molecular weight excluding hydrogens is 258 g/mol. The van der Waals surface area contributed by atoms with E-state index >= 15 is 0 Å². The number of hydrogen-bond acceptors (Lipinski definition) is 3. The van der Waals surface area contributed by atoms with Crippen molar-refractivity contribution in [2.45, 2.75) is 6.42 Å². The molecule has 1 aliphatic rings. The molecule has 2 heterocycles. The maximum atomic E-state index is 4.43. The second-order valence-electron chi connectivity index (χ2n) is 5.42. The summed E-state index contributed by atoms with van der Waals surface area (Å²) in [6, 6.07) is 16.7. The van der Waals surface area contributed by atoms with Crippen LogP contribution in [0.2, 0.25) is 0 Å². The fourth-order valence-corrected chi connectivity index (χ4v) is 2.74. The number of piperazine rings is 1. The summed E-state index contributed by atoms with van der Waals surface area (Å²) >= 11 is 0. The highest BCUT2D eigenvalue weighted by atomic mass is 15.3. The van der Waals surface area contributed by atoms with Crippen molar-refractivity contribution in [3.63, 3.8) is 0 Å². The van der Waals surface area contributed by atoms with Gasteiger partial charge in [-0.2, -0.15) is 0 Å². The number of benzene rings is 1. The van der Waals surface area contributed by atoms with E-state index in [4.69, 9.17) is 0 Å². The molecule has 1 aliphatic heterocycles. The van der Waals surface area contributed by atoms with Gasteiger partial charge in [0.25, 0.3) is 0 Å². The van der Waals surface area contributed by atoms with Crippen molar-refractivity contribution in [1.29, 1.82) is 0 Å². The Labute approximate surface area is 127 Å². The summed E-state index contributed by atoms with van der Waals surface area (Å²) in [5.41, 5.74) is 1.32. The van der Waals surface area contributed by atoms with E-state index in [1.54, 1.807) is 0 Å². The molecule has 1 aromatic heterocycles. The van der Waals surface area contributed by atoms with Gasteiger partial charge in [-0.3, -0.25) is 4.90 Å². The van der Waals surface area contributed by atoms with E-state index in [1.807, 2.05) is 12.3 Å². The minimum Gasteiger partial charge on any atom is -0.354 e. The standard InChI is InChI=1S/C18H22N3/c1-2-7-17(8-3-1)9-6-12-20-13-15-21(16-14-20)18-10-4-5-11-19-18/h1-5,7-11H,6,12-16H2. The van der Waals surface area contributed by atoms with Crippen LogP contribution >= 0.6 is 0 Å². The third-order valence-electron chi connectivity index (χ3n) is 3.97. The van der Waals surface area contributed by atoms with Crippen LogP contribution < -0.4 is 4.90 Å². The molecule has 0 saturated carbocycles. The normalized spacial score (nSPS) is 16.1. The van der Waals surface area contributed by atoms with Crippen LogP contribution in [0, 0.1) is 6.42 Å². The Morgan fingerprint density at radius 3 is 2.38 bits per heavy atom. The van der Waals surface area contributed by atoms with Gasteiger partial charge in [0.15, 0.2) is 0 Å². The van der Waals surface area contributed by atoms with Crippen molar-refractivity contribution in [3.8, 4) is 0 Å². The van der Waals surface area contributed by atoms with E-state index in [-0.39, 0.29) is 0 Å². The third-order valence-corrected chi connectivity index (χ3v) is 3.97. The molecule has 21 heavy (non-hydrogen) atoms. The molecule has 0 unspecified atom stereocenters. The Bertz CT molecular complexity index is 516. The van der Waals surface area contributed by atoms with Crippen LogP contribution in [0.15, 0.2) is 54.7 Å². The molecule has 0 N–H and O–H groups in total. The molecule has 2 aromatic rings. The zero-order chi connectivity index (χ0) is 14.3. The first-order chi connectivity index (χ1) is 10.4. The Morgan fingerprint density at radius 1 is 0.905 bits per heavy atom. The summed E-state index contributed by atoms with van der Waals surface area (Å²) in [4.78, 5) is 9.34. The van der Waals surface area contributed by atoms with Crippen molar-refractivity contribution >= 4 is 5.82 Å². The Hall–Kier alpha value is -1.87. The number of anilines is 1. The molecule has 0 atom stereocenters. The van der Waals surface area contributed by atoms with Crippen LogP contribution in [0.1, 0.15) is 12.0 Å². The molecule has 0 aliphatic carbocycles. The fourth-order valence-electron chi connectivity index (χ4n) is 2.74. The predicted octanol–water partition coefficient (Wildman–Crippen LogP) is 2.85. The van der Waals surface area contributed by atoms with Crippen molar-refractivity contribution in [2.75, 3.05) is 37.6 Å². The molecule has 3 nitrogen and oxygen atoms in total. The molecular formula is C18H22N3. The number of nitrogens with zero attached hydrogens (tertiary/aromatic N) is 3. The van der Waals surface area contributed by atoms with Crippen LogP contribution in [0.3, 0.4) is 0 Å². The van der Waals surface area contributed by atoms with Gasteiger partial charge in [0.1, 0.15) is 5.82 Å². The zero-order valence-corrected chi connectivity index (χ0v) is 12.4. The van der Waals surface area contributed by atoms with Gasteiger partial charge >= 0.3 is 0 Å². The molecule has 3 rings (SSSR count). The van der Waals surface area contributed by atoms with Gasteiger partial charge in [-0.05, 0) is 37.1 Å². The van der Waals surface area contributed by atoms with E-state index < -0.39 is 0 Å². The minimum absolute atomic E-state index is 1.07. The minimum atomic E-state index is 1.07. The van der Waals surface area contributed by atoms with Crippen molar-refractivity contribution in [2.24, 2.45) is 0 Å². The summed E-state index contributed by atoms with van der Waals surface area (Å²) < 4.78 is 0. The topological polar surface area (TPSA) is 19.4 Å². The summed E-state index contributed by atoms with van der Waals surface area (Å²) in [5, 5.41) is 0. The summed E-state index contributed by atoms with van der Waals surface area (Å²) in [6.07, 6.45) is 5.31. The maximum absolute atomic E-state index is 4.43. The van der Waals surface area contributed by atoms with Gasteiger partial charge in [0, 0.05) is 32.4 Å². The fraction of sp³-hybridized carbons (Fsp3) is 0.333. The largest absolute Gasteiger partial charge is 0.354 e. The van der Waals surface area contributed by atoms with E-state index in [0.717, 1.165) is 45.0 Å². The van der Waals surface area contributed by atoms with Gasteiger partial charge in [0.2, 0.25) is 0 Å². The molecule has 1 aromatic carbocycles. The second kappa shape index (κ2) is 7.23. The summed E-state index contributed by atoms with van der Waals surface area (Å²) in [5.74, 6) is 1.10. The average Bonchev–Trinajstić information content (AvgIpc) is 2.57. The van der Waals surface area contributed by atoms with Crippen molar-refractivity contribution in [3.05, 3.63) is 66.7 Å². The number of aromatic nitrogens is 1. The van der Waals surface area contributed by atoms with Gasteiger partial charge < -0.3 is 4.90 Å². The molecule has 3 heteroatoms. The molecule has 0 bridgehead atoms. The highest BCUT2D eigenvalue weighted by Gasteiger charge is 2.17. The van der Waals surface area contributed by atoms with E-state index in [1.165, 1.54) is 5.56 Å². The molecule has 1 saturated heterocycles. The molecule has 1 radical (unpaired) electrons. The zero-order valence-electron chi connectivity index (χ0n) is 12.4. The number of hydrogen-bond donors (Lipinski definition) is 0. The van der Waals surface area contributed by atoms with Crippen LogP contribution in [-0.2, 0) is 0 Å². The third kappa shape index (κ3) is 4.05. The average molecular weight is 280 g/mol. The van der Waals surface area contributed by atoms with Crippen LogP contribution in [0.5, 0.6) is 0 Å². The Morgan fingerprint density at radius 2 is 1.67 bits per heavy atom. The molecule has 109 valence electrons. The second-order valence-corrected chi connectivity index (χ2v) is 5.42. The SMILES string of the molecule is [CH](CCN1CCN(c2ccccn2)CC1)c1ccccc1. The lowest BCUT2D eigenvalue weighted by Crippen LogP contribution is -2.46. The van der Waals surface area contributed by atoms with Crippen LogP contribution in [-0.4, -0.2) is 42.6 Å². The highest BCUT2D eigenvalue weighted by molar-refractivity contribution is 5.38. The molecule has 0 amide bonds. The number of rotatable bonds is 5. The summed E-state index contributed by atoms with van der Waals surface area (Å²) in [7, 11) is 0. The van der Waals surface area contributed by atoms with Crippen LogP contribution in [0.25, 0.3) is 0 Å². The quantitative estimate of drug-likeness (QED) is 0.839. The summed E-state index contributed by atoms with van der Waals surface area (Å²) in [6.45, 7) is 5.54. The first-order valence-corrected chi connectivity index (χ1v) is 7.68. The van der Waals surface area contributed by atoms with Gasteiger partial charge in [-0.15, -0.1) is 0 Å². The Kier molecular flexibility index (Phi) is 4.85.